The highest BCUT2D eigenvalue weighted by atomic mass is 32.1. The van der Waals surface area contributed by atoms with Crippen molar-refractivity contribution in [3.05, 3.63) is 82.0 Å². The molecule has 0 bridgehead atoms. The van der Waals surface area contributed by atoms with Gasteiger partial charge in [0.05, 0.1) is 5.92 Å². The van der Waals surface area contributed by atoms with E-state index in [-0.39, 0.29) is 11.8 Å². The summed E-state index contributed by atoms with van der Waals surface area (Å²) in [6.45, 7) is 4.33. The van der Waals surface area contributed by atoms with Crippen LogP contribution in [0, 0.1) is 0 Å². The van der Waals surface area contributed by atoms with E-state index >= 15 is 0 Å². The molecule has 4 nitrogen and oxygen atoms in total. The van der Waals surface area contributed by atoms with Crippen LogP contribution in [0.5, 0.6) is 11.5 Å². The summed E-state index contributed by atoms with van der Waals surface area (Å²) in [5, 5.41) is 4.32. The molecule has 5 heteroatoms. The number of hydrogen-bond donors (Lipinski definition) is 0. The highest BCUT2D eigenvalue weighted by molar-refractivity contribution is 7.07. The van der Waals surface area contributed by atoms with E-state index in [4.69, 9.17) is 4.74 Å². The van der Waals surface area contributed by atoms with Gasteiger partial charge in [0.1, 0.15) is 11.5 Å². The van der Waals surface area contributed by atoms with Crippen molar-refractivity contribution in [3.63, 3.8) is 0 Å². The second-order valence-electron chi connectivity index (χ2n) is 7.34. The van der Waals surface area contributed by atoms with E-state index in [0.29, 0.717) is 0 Å². The molecule has 1 fully saturated rings. The van der Waals surface area contributed by atoms with Crippen LogP contribution in [0.4, 0.5) is 0 Å². The molecule has 1 amide bonds. The number of para-hydroxylation sites is 2. The quantitative estimate of drug-likeness (QED) is 0.667. The third-order valence-corrected chi connectivity index (χ3v) is 6.33. The van der Waals surface area contributed by atoms with E-state index in [1.807, 2.05) is 53.4 Å². The number of fused-ring (bicyclic) bond motifs is 2. The molecule has 3 aromatic rings. The van der Waals surface area contributed by atoms with Crippen molar-refractivity contribution in [3.8, 4) is 11.5 Å². The fourth-order valence-corrected chi connectivity index (χ4v) is 4.79. The highest BCUT2D eigenvalue weighted by Crippen LogP contribution is 2.44. The predicted molar refractivity (Wildman–Crippen MR) is 111 cm³/mol. The summed E-state index contributed by atoms with van der Waals surface area (Å²) in [6.07, 6.45) is 0. The van der Waals surface area contributed by atoms with Gasteiger partial charge in [0.2, 0.25) is 5.91 Å². The first kappa shape index (κ1) is 17.5. The Kier molecular flexibility index (Phi) is 4.63. The van der Waals surface area contributed by atoms with Gasteiger partial charge < -0.3 is 9.64 Å². The number of rotatable bonds is 3. The minimum absolute atomic E-state index is 0.179. The van der Waals surface area contributed by atoms with Gasteiger partial charge >= 0.3 is 0 Å². The van der Waals surface area contributed by atoms with Crippen LogP contribution in [0.3, 0.4) is 0 Å². The summed E-state index contributed by atoms with van der Waals surface area (Å²) in [7, 11) is 0. The maximum atomic E-state index is 13.6. The van der Waals surface area contributed by atoms with Gasteiger partial charge in [0, 0.05) is 43.9 Å². The molecule has 0 atom stereocenters. The molecule has 3 heterocycles. The van der Waals surface area contributed by atoms with Gasteiger partial charge in [-0.05, 0) is 34.5 Å². The molecular weight excluding hydrogens is 368 g/mol. The lowest BCUT2D eigenvalue weighted by molar-refractivity contribution is -0.133. The number of piperazine rings is 1. The molecule has 5 rings (SSSR count). The van der Waals surface area contributed by atoms with Crippen LogP contribution in [0.2, 0.25) is 0 Å². The summed E-state index contributed by atoms with van der Waals surface area (Å²) in [5.41, 5.74) is 3.29. The standard InChI is InChI=1S/C23H22N2O2S/c26-23(25-12-10-24(11-13-25)15-17-9-14-28-16-17)22-18-5-1-3-7-20(18)27-21-8-4-2-6-19(21)22/h1-9,14,16,22H,10-13,15H2. The van der Waals surface area contributed by atoms with Crippen molar-refractivity contribution in [1.29, 1.82) is 0 Å². The van der Waals surface area contributed by atoms with E-state index in [0.717, 1.165) is 55.3 Å². The second kappa shape index (κ2) is 7.41. The molecule has 0 saturated carbocycles. The number of benzene rings is 2. The number of nitrogens with zero attached hydrogens (tertiary/aromatic N) is 2. The number of carbonyl (C=O) groups excluding carboxylic acids is 1. The molecular formula is C23H22N2O2S. The summed E-state index contributed by atoms with van der Waals surface area (Å²) < 4.78 is 6.04. The van der Waals surface area contributed by atoms with Gasteiger partial charge in [0.25, 0.3) is 0 Å². The molecule has 0 radical (unpaired) electrons. The topological polar surface area (TPSA) is 32.8 Å². The number of ether oxygens (including phenoxy) is 1. The van der Waals surface area contributed by atoms with Gasteiger partial charge in [-0.15, -0.1) is 0 Å². The second-order valence-corrected chi connectivity index (χ2v) is 8.12. The molecule has 142 valence electrons. The molecule has 0 spiro atoms. The third kappa shape index (κ3) is 3.21. The number of hydrogen-bond acceptors (Lipinski definition) is 4. The Morgan fingerprint density at radius 3 is 2.18 bits per heavy atom. The van der Waals surface area contributed by atoms with Crippen LogP contribution in [0.1, 0.15) is 22.6 Å². The van der Waals surface area contributed by atoms with Crippen molar-refractivity contribution in [2.75, 3.05) is 26.2 Å². The molecule has 1 saturated heterocycles. The third-order valence-electron chi connectivity index (χ3n) is 5.60. The maximum absolute atomic E-state index is 13.6. The van der Waals surface area contributed by atoms with E-state index < -0.39 is 0 Å². The Bertz CT molecular complexity index is 932. The van der Waals surface area contributed by atoms with Crippen molar-refractivity contribution in [2.24, 2.45) is 0 Å². The summed E-state index contributed by atoms with van der Waals surface area (Å²) in [4.78, 5) is 18.0. The normalized spacial score (nSPS) is 16.9. The zero-order valence-corrected chi connectivity index (χ0v) is 16.4. The Morgan fingerprint density at radius 2 is 1.57 bits per heavy atom. The molecule has 28 heavy (non-hydrogen) atoms. The summed E-state index contributed by atoms with van der Waals surface area (Å²) >= 11 is 1.74. The van der Waals surface area contributed by atoms with E-state index in [9.17, 15) is 4.79 Å². The Hall–Kier alpha value is -2.63. The zero-order chi connectivity index (χ0) is 18.9. The zero-order valence-electron chi connectivity index (χ0n) is 15.6. The molecule has 2 aromatic carbocycles. The van der Waals surface area contributed by atoms with Crippen LogP contribution in [0.15, 0.2) is 65.4 Å². The van der Waals surface area contributed by atoms with Gasteiger partial charge in [-0.25, -0.2) is 0 Å². The monoisotopic (exact) mass is 390 g/mol. The van der Waals surface area contributed by atoms with Crippen LogP contribution < -0.4 is 4.74 Å². The molecule has 0 aliphatic carbocycles. The molecule has 2 aliphatic heterocycles. The SMILES string of the molecule is O=C(C1c2ccccc2Oc2ccccc21)N1CCN(Cc2ccsc2)CC1. The summed E-state index contributed by atoms with van der Waals surface area (Å²) in [5.74, 6) is 1.47. The highest BCUT2D eigenvalue weighted by Gasteiger charge is 2.36. The van der Waals surface area contributed by atoms with Gasteiger partial charge in [-0.1, -0.05) is 36.4 Å². The molecule has 0 unspecified atom stereocenters. The average molecular weight is 391 g/mol. The van der Waals surface area contributed by atoms with Crippen molar-refractivity contribution in [1.82, 2.24) is 9.80 Å². The predicted octanol–water partition coefficient (Wildman–Crippen LogP) is 4.33. The van der Waals surface area contributed by atoms with Gasteiger partial charge in [-0.3, -0.25) is 9.69 Å². The van der Waals surface area contributed by atoms with Crippen molar-refractivity contribution >= 4 is 17.2 Å². The largest absolute Gasteiger partial charge is 0.457 e. The fourth-order valence-electron chi connectivity index (χ4n) is 4.13. The van der Waals surface area contributed by atoms with Crippen LogP contribution in [-0.4, -0.2) is 41.9 Å². The Labute approximate surface area is 169 Å². The Balaban J connectivity index is 1.36. The maximum Gasteiger partial charge on any atom is 0.234 e. The van der Waals surface area contributed by atoms with E-state index in [1.54, 1.807) is 11.3 Å². The van der Waals surface area contributed by atoms with Gasteiger partial charge in [0.15, 0.2) is 0 Å². The number of amides is 1. The first-order valence-corrected chi connectivity index (χ1v) is 10.6. The number of carbonyl (C=O) groups is 1. The molecule has 0 N–H and O–H groups in total. The Morgan fingerprint density at radius 1 is 0.929 bits per heavy atom. The molecule has 1 aromatic heterocycles. The van der Waals surface area contributed by atoms with Crippen molar-refractivity contribution < 1.29 is 9.53 Å². The lowest BCUT2D eigenvalue weighted by atomic mass is 9.86. The van der Waals surface area contributed by atoms with Crippen molar-refractivity contribution in [2.45, 2.75) is 12.5 Å². The fraction of sp³-hybridized carbons (Fsp3) is 0.261. The lowest BCUT2D eigenvalue weighted by Gasteiger charge is -2.37. The lowest BCUT2D eigenvalue weighted by Crippen LogP contribution is -2.49. The first-order chi connectivity index (χ1) is 13.8. The van der Waals surface area contributed by atoms with Crippen LogP contribution >= 0.6 is 11.3 Å². The van der Waals surface area contributed by atoms with E-state index in [1.165, 1.54) is 5.56 Å². The first-order valence-electron chi connectivity index (χ1n) is 9.67. The molecule has 2 aliphatic rings. The minimum atomic E-state index is -0.287. The van der Waals surface area contributed by atoms with Crippen LogP contribution in [0.25, 0.3) is 0 Å². The van der Waals surface area contributed by atoms with Crippen LogP contribution in [-0.2, 0) is 11.3 Å². The van der Waals surface area contributed by atoms with Gasteiger partial charge in [-0.2, -0.15) is 11.3 Å². The summed E-state index contributed by atoms with van der Waals surface area (Å²) in [6, 6.07) is 18.0. The average Bonchev–Trinajstić information content (AvgIpc) is 3.25. The number of thiophene rings is 1. The minimum Gasteiger partial charge on any atom is -0.457 e. The van der Waals surface area contributed by atoms with E-state index in [2.05, 4.69) is 21.7 Å². The smallest absolute Gasteiger partial charge is 0.234 e.